The molecular formula is C13H19ClIN3OS. The second-order valence-corrected chi connectivity index (χ2v) is 5.75. The standard InChI is InChI=1S/C13H18ClN3OS.HI/c14-11-3-1-2-4-12(11)18-8-5-16-13(15)17-6-9-19-10-7-17;/h1-4H,5-10H2,(H2,15,16);1H. The zero-order valence-electron chi connectivity index (χ0n) is 11.1. The number of aliphatic imine (C=N–C) groups is 1. The van der Waals surface area contributed by atoms with E-state index in [1.165, 1.54) is 0 Å². The van der Waals surface area contributed by atoms with Crippen molar-refractivity contribution >= 4 is 53.3 Å². The first-order chi connectivity index (χ1) is 9.27. The van der Waals surface area contributed by atoms with Crippen LogP contribution in [0.3, 0.4) is 0 Å². The monoisotopic (exact) mass is 427 g/mol. The van der Waals surface area contributed by atoms with Gasteiger partial charge in [0.1, 0.15) is 12.4 Å². The summed E-state index contributed by atoms with van der Waals surface area (Å²) < 4.78 is 5.56. The molecule has 0 atom stereocenters. The van der Waals surface area contributed by atoms with E-state index >= 15 is 0 Å². The zero-order chi connectivity index (χ0) is 13.5. The summed E-state index contributed by atoms with van der Waals surface area (Å²) in [5.74, 6) is 3.54. The van der Waals surface area contributed by atoms with Gasteiger partial charge in [0.05, 0.1) is 11.6 Å². The Morgan fingerprint density at radius 1 is 1.35 bits per heavy atom. The van der Waals surface area contributed by atoms with Crippen LogP contribution in [-0.2, 0) is 0 Å². The fourth-order valence-corrected chi connectivity index (χ4v) is 2.86. The number of ether oxygens (including phenoxy) is 1. The van der Waals surface area contributed by atoms with Crippen LogP contribution in [0.15, 0.2) is 29.3 Å². The molecule has 2 rings (SSSR count). The van der Waals surface area contributed by atoms with Gasteiger partial charge in [0.25, 0.3) is 0 Å². The first-order valence-corrected chi connectivity index (χ1v) is 7.80. The van der Waals surface area contributed by atoms with Crippen molar-refractivity contribution in [3.63, 3.8) is 0 Å². The average molecular weight is 428 g/mol. The lowest BCUT2D eigenvalue weighted by Crippen LogP contribution is -2.42. The van der Waals surface area contributed by atoms with Crippen molar-refractivity contribution in [2.75, 3.05) is 37.7 Å². The molecule has 4 nitrogen and oxygen atoms in total. The molecular weight excluding hydrogens is 409 g/mol. The highest BCUT2D eigenvalue weighted by Gasteiger charge is 2.11. The Morgan fingerprint density at radius 3 is 2.75 bits per heavy atom. The Balaban J connectivity index is 0.00000200. The Kier molecular flexibility index (Phi) is 8.47. The van der Waals surface area contributed by atoms with E-state index in [0.29, 0.717) is 29.9 Å². The van der Waals surface area contributed by atoms with Gasteiger partial charge in [0.2, 0.25) is 0 Å². The molecule has 1 aromatic carbocycles. The molecule has 1 aliphatic rings. The number of hydrogen-bond acceptors (Lipinski definition) is 3. The average Bonchev–Trinajstić information content (AvgIpc) is 2.46. The molecule has 0 bridgehead atoms. The zero-order valence-corrected chi connectivity index (χ0v) is 15.0. The van der Waals surface area contributed by atoms with Crippen molar-refractivity contribution < 1.29 is 4.74 Å². The Labute approximate surface area is 146 Å². The van der Waals surface area contributed by atoms with Crippen molar-refractivity contribution in [2.45, 2.75) is 0 Å². The molecule has 1 fully saturated rings. The highest BCUT2D eigenvalue weighted by atomic mass is 127. The van der Waals surface area contributed by atoms with Gasteiger partial charge in [-0.1, -0.05) is 23.7 Å². The Morgan fingerprint density at radius 2 is 2.05 bits per heavy atom. The number of rotatable bonds is 4. The van der Waals surface area contributed by atoms with Crippen LogP contribution in [0.4, 0.5) is 0 Å². The summed E-state index contributed by atoms with van der Waals surface area (Å²) in [6.45, 7) is 2.98. The molecule has 1 saturated heterocycles. The summed E-state index contributed by atoms with van der Waals surface area (Å²) >= 11 is 7.94. The minimum Gasteiger partial charge on any atom is -0.490 e. The van der Waals surface area contributed by atoms with E-state index in [0.717, 1.165) is 24.6 Å². The van der Waals surface area contributed by atoms with Crippen molar-refractivity contribution in [2.24, 2.45) is 10.7 Å². The lowest BCUT2D eigenvalue weighted by Gasteiger charge is -2.27. The third-order valence-electron chi connectivity index (χ3n) is 2.79. The predicted molar refractivity (Wildman–Crippen MR) is 97.7 cm³/mol. The van der Waals surface area contributed by atoms with Crippen molar-refractivity contribution in [3.05, 3.63) is 29.3 Å². The van der Waals surface area contributed by atoms with Crippen LogP contribution in [0.2, 0.25) is 5.02 Å². The molecule has 1 aliphatic heterocycles. The summed E-state index contributed by atoms with van der Waals surface area (Å²) in [5.41, 5.74) is 5.94. The lowest BCUT2D eigenvalue weighted by molar-refractivity contribution is 0.327. The third kappa shape index (κ3) is 5.57. The summed E-state index contributed by atoms with van der Waals surface area (Å²) in [5, 5.41) is 0.618. The molecule has 0 amide bonds. The van der Waals surface area contributed by atoms with E-state index < -0.39 is 0 Å². The lowest BCUT2D eigenvalue weighted by atomic mass is 10.3. The van der Waals surface area contributed by atoms with E-state index in [1.807, 2.05) is 30.0 Å². The smallest absolute Gasteiger partial charge is 0.191 e. The van der Waals surface area contributed by atoms with Gasteiger partial charge in [-0.15, -0.1) is 24.0 Å². The summed E-state index contributed by atoms with van der Waals surface area (Å²) in [6, 6.07) is 7.42. The van der Waals surface area contributed by atoms with Crippen LogP contribution in [0, 0.1) is 0 Å². The quantitative estimate of drug-likeness (QED) is 0.347. The number of para-hydroxylation sites is 1. The summed E-state index contributed by atoms with van der Waals surface area (Å²) in [4.78, 5) is 6.45. The van der Waals surface area contributed by atoms with Crippen LogP contribution < -0.4 is 10.5 Å². The molecule has 0 aliphatic carbocycles. The van der Waals surface area contributed by atoms with Gasteiger partial charge in [-0.25, -0.2) is 4.99 Å². The van der Waals surface area contributed by atoms with Crippen LogP contribution in [0.1, 0.15) is 0 Å². The number of thioether (sulfide) groups is 1. The molecule has 0 saturated carbocycles. The first kappa shape index (κ1) is 17.7. The highest BCUT2D eigenvalue weighted by Crippen LogP contribution is 2.22. The fraction of sp³-hybridized carbons (Fsp3) is 0.462. The molecule has 0 radical (unpaired) electrons. The maximum absolute atomic E-state index is 5.99. The van der Waals surface area contributed by atoms with E-state index in [4.69, 9.17) is 22.1 Å². The number of halogens is 2. The minimum atomic E-state index is 0. The molecule has 0 spiro atoms. The molecule has 0 unspecified atom stereocenters. The number of nitrogens with zero attached hydrogens (tertiary/aromatic N) is 2. The van der Waals surface area contributed by atoms with Gasteiger partial charge in [0.15, 0.2) is 5.96 Å². The van der Waals surface area contributed by atoms with Crippen LogP contribution in [-0.4, -0.2) is 48.6 Å². The molecule has 20 heavy (non-hydrogen) atoms. The molecule has 1 heterocycles. The van der Waals surface area contributed by atoms with Gasteiger partial charge in [-0.3, -0.25) is 0 Å². The van der Waals surface area contributed by atoms with Gasteiger partial charge >= 0.3 is 0 Å². The van der Waals surface area contributed by atoms with Gasteiger partial charge in [0, 0.05) is 24.6 Å². The van der Waals surface area contributed by atoms with Crippen LogP contribution >= 0.6 is 47.3 Å². The minimum absolute atomic E-state index is 0. The van der Waals surface area contributed by atoms with Gasteiger partial charge in [-0.2, -0.15) is 11.8 Å². The molecule has 112 valence electrons. The molecule has 0 aromatic heterocycles. The SMILES string of the molecule is I.NC(=NCCOc1ccccc1Cl)N1CCSCC1. The largest absolute Gasteiger partial charge is 0.490 e. The highest BCUT2D eigenvalue weighted by molar-refractivity contribution is 14.0. The topological polar surface area (TPSA) is 50.9 Å². The first-order valence-electron chi connectivity index (χ1n) is 6.27. The Hall–Kier alpha value is -0.340. The van der Waals surface area contributed by atoms with E-state index in [-0.39, 0.29) is 24.0 Å². The van der Waals surface area contributed by atoms with Crippen molar-refractivity contribution in [1.29, 1.82) is 0 Å². The van der Waals surface area contributed by atoms with Gasteiger partial charge < -0.3 is 15.4 Å². The van der Waals surface area contributed by atoms with E-state index in [9.17, 15) is 0 Å². The number of guanidine groups is 1. The molecule has 7 heteroatoms. The van der Waals surface area contributed by atoms with E-state index in [1.54, 1.807) is 6.07 Å². The maximum atomic E-state index is 5.99. The maximum Gasteiger partial charge on any atom is 0.191 e. The normalized spacial score (nSPS) is 15.7. The second kappa shape index (κ2) is 9.57. The van der Waals surface area contributed by atoms with Crippen molar-refractivity contribution in [3.8, 4) is 5.75 Å². The fourth-order valence-electron chi connectivity index (χ4n) is 1.77. The second-order valence-electron chi connectivity index (χ2n) is 4.12. The number of hydrogen-bond donors (Lipinski definition) is 1. The van der Waals surface area contributed by atoms with E-state index in [2.05, 4.69) is 9.89 Å². The predicted octanol–water partition coefficient (Wildman–Crippen LogP) is 2.70. The third-order valence-corrected chi connectivity index (χ3v) is 4.05. The van der Waals surface area contributed by atoms with Crippen LogP contribution in [0.5, 0.6) is 5.75 Å². The van der Waals surface area contributed by atoms with Crippen LogP contribution in [0.25, 0.3) is 0 Å². The summed E-state index contributed by atoms with van der Waals surface area (Å²) in [6.07, 6.45) is 0. The molecule has 1 aromatic rings. The summed E-state index contributed by atoms with van der Waals surface area (Å²) in [7, 11) is 0. The number of nitrogens with two attached hydrogens (primary N) is 1. The number of benzene rings is 1. The van der Waals surface area contributed by atoms with Gasteiger partial charge in [-0.05, 0) is 12.1 Å². The molecule has 2 N–H and O–H groups in total. The van der Waals surface area contributed by atoms with Crippen molar-refractivity contribution in [1.82, 2.24) is 4.90 Å². The Bertz CT molecular complexity index is 441.